The minimum Gasteiger partial charge on any atom is -0.494 e. The molecular weight excluding hydrogens is 685 g/mol. The average molecular weight is 733 g/mol. The molecule has 2 aliphatic heterocycles. The molecule has 0 amide bonds. The summed E-state index contributed by atoms with van der Waals surface area (Å²) in [7, 11) is -13.0. The van der Waals surface area contributed by atoms with Crippen LogP contribution in [-0.2, 0) is 39.3 Å². The molecule has 4 rings (SSSR count). The molecule has 0 aliphatic carbocycles. The molecule has 6 atom stereocenters. The highest BCUT2D eigenvalue weighted by Crippen LogP contribution is 2.23. The standard InChI is InChI=1S/C25H48O10Si8/c1-38-28-36-30-42(5,34-40(3)32-38)19-7-17-26-24-13-9-22(10-14-24)21-23-11-15-25(16-12-23)27-18-8-20-43(6)31-37-29-39(2)33-41(4)35-43/h9-16,38-41H,7-8,17-21,36-37H2,1-6H3. The van der Waals surface area contributed by atoms with Gasteiger partial charge in [0.2, 0.25) is 0 Å². The molecule has 240 valence electrons. The predicted octanol–water partition coefficient (Wildman–Crippen LogP) is 2.52. The highest BCUT2D eigenvalue weighted by atomic mass is 28.5. The summed E-state index contributed by atoms with van der Waals surface area (Å²) in [6, 6.07) is 18.5. The molecular formula is C25H48O10Si8. The fourth-order valence-corrected chi connectivity index (χ4v) is 29.2. The Morgan fingerprint density at radius 3 is 1.40 bits per heavy atom. The van der Waals surface area contributed by atoms with Crippen molar-refractivity contribution in [3.63, 3.8) is 0 Å². The lowest BCUT2D eigenvalue weighted by molar-refractivity contribution is 0.274. The zero-order valence-electron chi connectivity index (χ0n) is 26.4. The molecule has 0 radical (unpaired) electrons. The van der Waals surface area contributed by atoms with Gasteiger partial charge in [0.25, 0.3) is 57.1 Å². The van der Waals surface area contributed by atoms with Gasteiger partial charge in [0, 0.05) is 0 Å². The van der Waals surface area contributed by atoms with E-state index in [1.807, 2.05) is 37.4 Å². The van der Waals surface area contributed by atoms with Crippen LogP contribution in [0.2, 0.25) is 51.4 Å². The summed E-state index contributed by atoms with van der Waals surface area (Å²) < 4.78 is 60.5. The van der Waals surface area contributed by atoms with Crippen LogP contribution in [0.25, 0.3) is 0 Å². The van der Waals surface area contributed by atoms with E-state index in [0.717, 1.165) is 42.8 Å². The summed E-state index contributed by atoms with van der Waals surface area (Å²) in [5.74, 6) is 1.76. The molecule has 2 aliphatic rings. The van der Waals surface area contributed by atoms with Crippen LogP contribution in [0.15, 0.2) is 48.5 Å². The maximum absolute atomic E-state index is 6.29. The maximum atomic E-state index is 6.29. The largest absolute Gasteiger partial charge is 0.494 e. The topological polar surface area (TPSA) is 92.3 Å². The molecule has 18 heteroatoms. The van der Waals surface area contributed by atoms with Crippen molar-refractivity contribution >= 4 is 74.3 Å². The van der Waals surface area contributed by atoms with Crippen molar-refractivity contribution in [3.05, 3.63) is 59.7 Å². The highest BCUT2D eigenvalue weighted by Gasteiger charge is 2.37. The first-order valence-corrected chi connectivity index (χ1v) is 31.0. The Kier molecular flexibility index (Phi) is 14.3. The van der Waals surface area contributed by atoms with Crippen LogP contribution in [0, 0.1) is 0 Å². The Morgan fingerprint density at radius 2 is 1.00 bits per heavy atom. The third-order valence-electron chi connectivity index (χ3n) is 7.27. The van der Waals surface area contributed by atoms with Crippen LogP contribution < -0.4 is 9.47 Å². The monoisotopic (exact) mass is 732 g/mol. The lowest BCUT2D eigenvalue weighted by atomic mass is 10.0. The van der Waals surface area contributed by atoms with Gasteiger partial charge in [-0.2, -0.15) is 0 Å². The quantitative estimate of drug-likeness (QED) is 0.240. The summed E-state index contributed by atoms with van der Waals surface area (Å²) in [6.07, 6.45) is 2.63. The van der Waals surface area contributed by atoms with Crippen molar-refractivity contribution in [2.24, 2.45) is 0 Å². The van der Waals surface area contributed by atoms with Crippen molar-refractivity contribution in [1.29, 1.82) is 0 Å². The lowest BCUT2D eigenvalue weighted by Crippen LogP contribution is -2.50. The average Bonchev–Trinajstić information content (AvgIpc) is 2.93. The number of benzene rings is 2. The third kappa shape index (κ3) is 12.6. The van der Waals surface area contributed by atoms with Crippen LogP contribution in [0.1, 0.15) is 24.0 Å². The van der Waals surface area contributed by atoms with Crippen molar-refractivity contribution < 1.29 is 42.4 Å². The molecule has 0 saturated carbocycles. The fourth-order valence-electron chi connectivity index (χ4n) is 5.02. The van der Waals surface area contributed by atoms with Crippen molar-refractivity contribution in [1.82, 2.24) is 0 Å². The van der Waals surface area contributed by atoms with Crippen LogP contribution in [0.3, 0.4) is 0 Å². The number of hydrogen-bond acceptors (Lipinski definition) is 10. The Morgan fingerprint density at radius 1 is 0.605 bits per heavy atom. The molecule has 43 heavy (non-hydrogen) atoms. The second-order valence-corrected chi connectivity index (χ2v) is 30.9. The van der Waals surface area contributed by atoms with Gasteiger partial charge in [0.05, 0.1) is 13.2 Å². The second kappa shape index (κ2) is 17.4. The third-order valence-corrected chi connectivity index (χ3v) is 33.2. The van der Waals surface area contributed by atoms with E-state index in [0.29, 0.717) is 13.2 Å². The lowest BCUT2D eigenvalue weighted by Gasteiger charge is -2.34. The van der Waals surface area contributed by atoms with Gasteiger partial charge in [-0.05, 0) is 106 Å². The smallest absolute Gasteiger partial charge is 0.316 e. The Bertz CT molecular complexity index is 1020. The van der Waals surface area contributed by atoms with Gasteiger partial charge in [0.1, 0.15) is 11.5 Å². The van der Waals surface area contributed by atoms with E-state index in [9.17, 15) is 0 Å². The van der Waals surface area contributed by atoms with Gasteiger partial charge in [-0.1, -0.05) is 24.3 Å². The number of hydrogen-bond donors (Lipinski definition) is 0. The number of rotatable bonds is 12. The first-order valence-electron chi connectivity index (χ1n) is 15.2. The summed E-state index contributed by atoms with van der Waals surface area (Å²) in [5.41, 5.74) is 2.48. The Balaban J connectivity index is 1.13. The molecule has 6 unspecified atom stereocenters. The number of ether oxygens (including phenoxy) is 2. The second-order valence-electron chi connectivity index (χ2n) is 11.3. The molecule has 0 bridgehead atoms. The van der Waals surface area contributed by atoms with Gasteiger partial charge < -0.3 is 42.4 Å². The van der Waals surface area contributed by atoms with E-state index in [1.165, 1.54) is 11.1 Å². The fraction of sp³-hybridized carbons (Fsp3) is 0.520. The van der Waals surface area contributed by atoms with E-state index in [4.69, 9.17) is 42.4 Å². The Hall–Kier alpha value is -0.545. The van der Waals surface area contributed by atoms with E-state index in [-0.39, 0.29) is 0 Å². The summed E-state index contributed by atoms with van der Waals surface area (Å²) in [4.78, 5) is 0. The summed E-state index contributed by atoms with van der Waals surface area (Å²) >= 11 is 0. The molecule has 0 aromatic heterocycles. The van der Waals surface area contributed by atoms with Crippen LogP contribution in [0.5, 0.6) is 11.5 Å². The normalized spacial score (nSPS) is 31.6. The van der Waals surface area contributed by atoms with Crippen molar-refractivity contribution in [3.8, 4) is 11.5 Å². The van der Waals surface area contributed by atoms with Gasteiger partial charge in [-0.15, -0.1) is 0 Å². The van der Waals surface area contributed by atoms with Gasteiger partial charge in [-0.3, -0.25) is 0 Å². The van der Waals surface area contributed by atoms with E-state index < -0.39 is 74.3 Å². The van der Waals surface area contributed by atoms with Crippen molar-refractivity contribution in [2.45, 2.75) is 70.6 Å². The van der Waals surface area contributed by atoms with E-state index in [2.05, 4.69) is 50.5 Å². The summed E-state index contributed by atoms with van der Waals surface area (Å²) in [5, 5.41) is 0. The molecule has 10 nitrogen and oxygen atoms in total. The van der Waals surface area contributed by atoms with Crippen LogP contribution in [-0.4, -0.2) is 87.5 Å². The minimum absolute atomic E-state index is 0.633. The molecule has 2 heterocycles. The maximum Gasteiger partial charge on any atom is 0.316 e. The summed E-state index contributed by atoms with van der Waals surface area (Å²) in [6.45, 7) is 13.8. The predicted molar refractivity (Wildman–Crippen MR) is 187 cm³/mol. The molecule has 2 aromatic carbocycles. The Labute approximate surface area is 270 Å². The van der Waals surface area contributed by atoms with Gasteiger partial charge >= 0.3 is 17.1 Å². The minimum atomic E-state index is -2.24. The SMILES string of the molecule is C[SiH]1O[SiH2]O[Si](C)(CCCOc2ccc(Cc3ccc(OCCC[Si]4(C)O[SiH2]O[SiH](C)O[SiH](C)O4)cc3)cc2)O[SiH](C)O1. The molecule has 0 N–H and O–H groups in total. The highest BCUT2D eigenvalue weighted by molar-refractivity contribution is 6.79. The van der Waals surface area contributed by atoms with Crippen molar-refractivity contribution in [2.75, 3.05) is 13.2 Å². The van der Waals surface area contributed by atoms with Crippen LogP contribution >= 0.6 is 0 Å². The zero-order chi connectivity index (χ0) is 30.7. The van der Waals surface area contributed by atoms with E-state index in [1.54, 1.807) is 0 Å². The molecule has 2 aromatic rings. The van der Waals surface area contributed by atoms with E-state index >= 15 is 0 Å². The molecule has 0 spiro atoms. The van der Waals surface area contributed by atoms with Crippen LogP contribution in [0.4, 0.5) is 0 Å². The first kappa shape index (κ1) is 35.3. The first-order chi connectivity index (χ1) is 20.6. The van der Waals surface area contributed by atoms with Gasteiger partial charge in [-0.25, -0.2) is 0 Å². The molecule has 2 fully saturated rings. The zero-order valence-corrected chi connectivity index (χ0v) is 35.8. The van der Waals surface area contributed by atoms with Gasteiger partial charge in [0.15, 0.2) is 0 Å². The molecule has 2 saturated heterocycles.